The third-order valence-corrected chi connectivity index (χ3v) is 5.37. The van der Waals surface area contributed by atoms with Gasteiger partial charge in [-0.2, -0.15) is 4.98 Å². The molecule has 0 saturated heterocycles. The van der Waals surface area contributed by atoms with Crippen molar-refractivity contribution in [2.45, 2.75) is 33.2 Å². The SMILES string of the molecule is CCN(CC)CCn1c(NC(=O)CCc2nc(-c3ccccn3)no2)nc2ccccc21. The Balaban J connectivity index is 1.42. The van der Waals surface area contributed by atoms with Crippen LogP contribution < -0.4 is 5.32 Å². The summed E-state index contributed by atoms with van der Waals surface area (Å²) in [5.74, 6) is 1.22. The lowest BCUT2D eigenvalue weighted by molar-refractivity contribution is -0.116. The number of pyridine rings is 1. The molecule has 0 saturated carbocycles. The summed E-state index contributed by atoms with van der Waals surface area (Å²) in [6, 6.07) is 13.4. The average Bonchev–Trinajstić information content (AvgIpc) is 3.44. The number of fused-ring (bicyclic) bond motifs is 1. The van der Waals surface area contributed by atoms with Crippen LogP contribution in [0, 0.1) is 0 Å². The Morgan fingerprint density at radius 1 is 1.09 bits per heavy atom. The number of carbonyl (C=O) groups excluding carboxylic acids is 1. The molecule has 0 atom stereocenters. The Kier molecular flexibility index (Phi) is 6.86. The van der Waals surface area contributed by atoms with Crippen LogP contribution in [0.3, 0.4) is 0 Å². The monoisotopic (exact) mass is 433 g/mol. The predicted octanol–water partition coefficient (Wildman–Crippen LogP) is 3.39. The van der Waals surface area contributed by atoms with Crippen LogP contribution in [0.5, 0.6) is 0 Å². The molecule has 4 aromatic rings. The van der Waals surface area contributed by atoms with Gasteiger partial charge in [0.05, 0.1) is 11.0 Å². The normalized spacial score (nSPS) is 11.3. The molecule has 0 aliphatic carbocycles. The number of carbonyl (C=O) groups is 1. The Bertz CT molecular complexity index is 1170. The van der Waals surface area contributed by atoms with Gasteiger partial charge in [-0.15, -0.1) is 0 Å². The van der Waals surface area contributed by atoms with Crippen molar-refractivity contribution < 1.29 is 9.32 Å². The molecule has 166 valence electrons. The van der Waals surface area contributed by atoms with Crippen molar-refractivity contribution in [3.8, 4) is 11.5 Å². The van der Waals surface area contributed by atoms with E-state index in [0.717, 1.165) is 37.2 Å². The van der Waals surface area contributed by atoms with Gasteiger partial charge >= 0.3 is 0 Å². The van der Waals surface area contributed by atoms with E-state index >= 15 is 0 Å². The van der Waals surface area contributed by atoms with Gasteiger partial charge < -0.3 is 14.0 Å². The van der Waals surface area contributed by atoms with Crippen molar-refractivity contribution in [1.82, 2.24) is 29.6 Å². The van der Waals surface area contributed by atoms with Crippen LogP contribution in [0.15, 0.2) is 53.2 Å². The van der Waals surface area contributed by atoms with Crippen LogP contribution in [0.2, 0.25) is 0 Å². The van der Waals surface area contributed by atoms with Crippen molar-refractivity contribution in [2.75, 3.05) is 25.0 Å². The molecule has 9 heteroatoms. The molecule has 0 aliphatic rings. The van der Waals surface area contributed by atoms with E-state index in [1.54, 1.807) is 6.20 Å². The third kappa shape index (κ3) is 5.00. The molecular weight excluding hydrogens is 406 g/mol. The highest BCUT2D eigenvalue weighted by atomic mass is 16.5. The number of hydrogen-bond donors (Lipinski definition) is 1. The molecule has 3 aromatic heterocycles. The van der Waals surface area contributed by atoms with E-state index in [9.17, 15) is 4.79 Å². The van der Waals surface area contributed by atoms with Crippen molar-refractivity contribution in [1.29, 1.82) is 0 Å². The number of likely N-dealkylation sites (N-methyl/N-ethyl adjacent to an activating group) is 1. The van der Waals surface area contributed by atoms with Crippen LogP contribution in [0.4, 0.5) is 5.95 Å². The number of benzene rings is 1. The number of anilines is 1. The second-order valence-electron chi connectivity index (χ2n) is 7.38. The fourth-order valence-electron chi connectivity index (χ4n) is 3.54. The fraction of sp³-hybridized carbons (Fsp3) is 0.348. The molecule has 0 radical (unpaired) electrons. The first kappa shape index (κ1) is 21.6. The second kappa shape index (κ2) is 10.1. The summed E-state index contributed by atoms with van der Waals surface area (Å²) in [5, 5.41) is 6.91. The molecule has 0 spiro atoms. The summed E-state index contributed by atoms with van der Waals surface area (Å²) in [5.41, 5.74) is 2.50. The zero-order chi connectivity index (χ0) is 22.3. The first-order valence-electron chi connectivity index (χ1n) is 10.9. The molecule has 9 nitrogen and oxygen atoms in total. The number of nitrogens with zero attached hydrogens (tertiary/aromatic N) is 6. The third-order valence-electron chi connectivity index (χ3n) is 5.37. The van der Waals surface area contributed by atoms with E-state index in [1.807, 2.05) is 42.5 Å². The predicted molar refractivity (Wildman–Crippen MR) is 122 cm³/mol. The van der Waals surface area contributed by atoms with Gasteiger partial charge in [0.25, 0.3) is 0 Å². The lowest BCUT2D eigenvalue weighted by atomic mass is 10.3. The number of hydrogen-bond acceptors (Lipinski definition) is 7. The Hall–Kier alpha value is -3.59. The summed E-state index contributed by atoms with van der Waals surface area (Å²) in [6.07, 6.45) is 2.22. The Morgan fingerprint density at radius 2 is 1.91 bits per heavy atom. The molecule has 1 aromatic carbocycles. The van der Waals surface area contributed by atoms with Crippen LogP contribution in [-0.4, -0.2) is 55.1 Å². The molecule has 32 heavy (non-hydrogen) atoms. The van der Waals surface area contributed by atoms with Gasteiger partial charge in [0.15, 0.2) is 0 Å². The van der Waals surface area contributed by atoms with E-state index in [2.05, 4.69) is 48.7 Å². The molecular formula is C23H27N7O2. The lowest BCUT2D eigenvalue weighted by Gasteiger charge is -2.19. The minimum atomic E-state index is -0.151. The molecule has 4 rings (SSSR count). The van der Waals surface area contributed by atoms with Gasteiger partial charge in [0.2, 0.25) is 23.6 Å². The van der Waals surface area contributed by atoms with Gasteiger partial charge in [-0.25, -0.2) is 4.98 Å². The van der Waals surface area contributed by atoms with Gasteiger partial charge in [0, 0.05) is 32.1 Å². The number of nitrogens with one attached hydrogen (secondary N) is 1. The maximum atomic E-state index is 12.7. The van der Waals surface area contributed by atoms with Gasteiger partial charge in [-0.05, 0) is 37.4 Å². The van der Waals surface area contributed by atoms with E-state index in [1.165, 1.54) is 0 Å². The zero-order valence-electron chi connectivity index (χ0n) is 18.4. The Morgan fingerprint density at radius 3 is 2.69 bits per heavy atom. The first-order chi connectivity index (χ1) is 15.7. The van der Waals surface area contributed by atoms with Gasteiger partial charge in [-0.1, -0.05) is 37.2 Å². The summed E-state index contributed by atoms with van der Waals surface area (Å²) >= 11 is 0. The molecule has 1 amide bonds. The van der Waals surface area contributed by atoms with Crippen LogP contribution in [0.1, 0.15) is 26.2 Å². The summed E-state index contributed by atoms with van der Waals surface area (Å²) in [7, 11) is 0. The van der Waals surface area contributed by atoms with E-state index < -0.39 is 0 Å². The highest BCUT2D eigenvalue weighted by Crippen LogP contribution is 2.20. The molecule has 3 heterocycles. The van der Waals surface area contributed by atoms with Crippen molar-refractivity contribution >= 4 is 22.9 Å². The zero-order valence-corrected chi connectivity index (χ0v) is 18.4. The molecule has 0 aliphatic heterocycles. The number of aromatic nitrogens is 5. The highest BCUT2D eigenvalue weighted by molar-refractivity contribution is 5.91. The second-order valence-corrected chi connectivity index (χ2v) is 7.38. The average molecular weight is 434 g/mol. The first-order valence-corrected chi connectivity index (χ1v) is 10.9. The van der Waals surface area contributed by atoms with Crippen LogP contribution in [0.25, 0.3) is 22.6 Å². The maximum absolute atomic E-state index is 12.7. The van der Waals surface area contributed by atoms with Crippen LogP contribution in [-0.2, 0) is 17.8 Å². The molecule has 0 unspecified atom stereocenters. The molecule has 0 bridgehead atoms. The number of amides is 1. The van der Waals surface area contributed by atoms with E-state index in [4.69, 9.17) is 4.52 Å². The Labute approximate surface area is 186 Å². The lowest BCUT2D eigenvalue weighted by Crippen LogP contribution is -2.27. The summed E-state index contributed by atoms with van der Waals surface area (Å²) < 4.78 is 7.34. The minimum Gasteiger partial charge on any atom is -0.339 e. The summed E-state index contributed by atoms with van der Waals surface area (Å²) in [6.45, 7) is 7.89. The topological polar surface area (TPSA) is 102 Å². The molecule has 0 fully saturated rings. The van der Waals surface area contributed by atoms with Crippen molar-refractivity contribution in [3.05, 3.63) is 54.6 Å². The van der Waals surface area contributed by atoms with Crippen molar-refractivity contribution in [2.24, 2.45) is 0 Å². The largest absolute Gasteiger partial charge is 0.339 e. The minimum absolute atomic E-state index is 0.151. The number of rotatable bonds is 10. The standard InChI is InChI=1S/C23H27N7O2/c1-3-29(4-2)15-16-30-19-11-6-5-9-17(19)25-23(30)26-20(31)12-13-21-27-22(28-32-21)18-10-7-8-14-24-18/h5-11,14H,3-4,12-13,15-16H2,1-2H3,(H,25,26,31). The fourth-order valence-corrected chi connectivity index (χ4v) is 3.54. The van der Waals surface area contributed by atoms with Gasteiger partial charge in [0.1, 0.15) is 5.69 Å². The number of imidazole rings is 1. The highest BCUT2D eigenvalue weighted by Gasteiger charge is 2.16. The quantitative estimate of drug-likeness (QED) is 0.409. The number of aryl methyl sites for hydroxylation is 1. The van der Waals surface area contributed by atoms with E-state index in [0.29, 0.717) is 29.8 Å². The van der Waals surface area contributed by atoms with E-state index in [-0.39, 0.29) is 12.3 Å². The van der Waals surface area contributed by atoms with Gasteiger partial charge in [-0.3, -0.25) is 15.1 Å². The smallest absolute Gasteiger partial charge is 0.227 e. The van der Waals surface area contributed by atoms with Crippen LogP contribution >= 0.6 is 0 Å². The van der Waals surface area contributed by atoms with Crippen molar-refractivity contribution in [3.63, 3.8) is 0 Å². The molecule has 1 N–H and O–H groups in total. The number of para-hydroxylation sites is 2. The summed E-state index contributed by atoms with van der Waals surface area (Å²) in [4.78, 5) is 28.2. The maximum Gasteiger partial charge on any atom is 0.227 e.